The van der Waals surface area contributed by atoms with Gasteiger partial charge in [-0.15, -0.1) is 0 Å². The number of amides is 1. The SMILES string of the molecule is CN(C)CCN(C=O)c1cc(Cl)c(=O)n(Cc2ccc(Cl)cc2)c1. The van der Waals surface area contributed by atoms with Crippen LogP contribution in [0.1, 0.15) is 5.56 Å². The lowest BCUT2D eigenvalue weighted by atomic mass is 10.2. The van der Waals surface area contributed by atoms with E-state index in [4.69, 9.17) is 23.2 Å². The van der Waals surface area contributed by atoms with Crippen LogP contribution in [0.25, 0.3) is 0 Å². The lowest BCUT2D eigenvalue weighted by Gasteiger charge is -2.21. The zero-order chi connectivity index (χ0) is 17.7. The van der Waals surface area contributed by atoms with Gasteiger partial charge < -0.3 is 14.4 Å². The Morgan fingerprint density at radius 3 is 2.38 bits per heavy atom. The second kappa shape index (κ2) is 8.33. The minimum atomic E-state index is -0.297. The van der Waals surface area contributed by atoms with E-state index in [1.54, 1.807) is 18.3 Å². The molecule has 2 rings (SSSR count). The van der Waals surface area contributed by atoms with Gasteiger partial charge in [0.05, 0.1) is 12.2 Å². The summed E-state index contributed by atoms with van der Waals surface area (Å²) in [5, 5.41) is 0.715. The third-order valence-corrected chi connectivity index (χ3v) is 4.06. The Bertz CT molecular complexity index is 757. The van der Waals surface area contributed by atoms with Crippen molar-refractivity contribution in [2.75, 3.05) is 32.1 Å². The molecule has 1 amide bonds. The van der Waals surface area contributed by atoms with Gasteiger partial charge in [0.1, 0.15) is 5.02 Å². The van der Waals surface area contributed by atoms with Crippen LogP contribution in [-0.4, -0.2) is 43.1 Å². The number of aromatic nitrogens is 1. The van der Waals surface area contributed by atoms with Gasteiger partial charge in [-0.25, -0.2) is 0 Å². The average molecular weight is 368 g/mol. The van der Waals surface area contributed by atoms with Crippen LogP contribution in [0.15, 0.2) is 41.3 Å². The molecular weight excluding hydrogens is 349 g/mol. The molecule has 0 fully saturated rings. The molecule has 0 bridgehead atoms. The molecule has 0 N–H and O–H groups in total. The average Bonchev–Trinajstić information content (AvgIpc) is 2.54. The number of halogens is 2. The maximum absolute atomic E-state index is 12.3. The number of carbonyl (C=O) groups excluding carboxylic acids is 1. The molecule has 0 aliphatic rings. The Labute approximate surface area is 151 Å². The van der Waals surface area contributed by atoms with E-state index in [2.05, 4.69) is 0 Å². The third-order valence-electron chi connectivity index (χ3n) is 3.54. The van der Waals surface area contributed by atoms with Crippen molar-refractivity contribution in [1.82, 2.24) is 9.47 Å². The van der Waals surface area contributed by atoms with E-state index in [1.807, 2.05) is 31.1 Å². The number of nitrogens with zero attached hydrogens (tertiary/aromatic N) is 3. The molecule has 0 unspecified atom stereocenters. The first-order chi connectivity index (χ1) is 11.4. The minimum Gasteiger partial charge on any atom is -0.312 e. The van der Waals surface area contributed by atoms with E-state index in [0.717, 1.165) is 12.0 Å². The van der Waals surface area contributed by atoms with Gasteiger partial charge in [-0.05, 0) is 37.9 Å². The number of hydrogen-bond donors (Lipinski definition) is 0. The highest BCUT2D eigenvalue weighted by molar-refractivity contribution is 6.30. The summed E-state index contributed by atoms with van der Waals surface area (Å²) in [6, 6.07) is 8.74. The smallest absolute Gasteiger partial charge is 0.269 e. The van der Waals surface area contributed by atoms with Crippen molar-refractivity contribution in [3.05, 3.63) is 62.5 Å². The number of pyridine rings is 1. The van der Waals surface area contributed by atoms with Crippen molar-refractivity contribution >= 4 is 35.3 Å². The largest absolute Gasteiger partial charge is 0.312 e. The molecule has 0 spiro atoms. The monoisotopic (exact) mass is 367 g/mol. The zero-order valence-electron chi connectivity index (χ0n) is 13.6. The Morgan fingerprint density at radius 1 is 1.12 bits per heavy atom. The standard InChI is InChI=1S/C17H19Cl2N3O2/c1-20(2)7-8-21(12-23)15-9-16(19)17(24)22(11-15)10-13-3-5-14(18)6-4-13/h3-6,9,11-12H,7-8,10H2,1-2H3. The quantitative estimate of drug-likeness (QED) is 0.706. The second-order valence-electron chi connectivity index (χ2n) is 5.71. The number of likely N-dealkylation sites (N-methyl/N-ethyl adjacent to an activating group) is 1. The van der Waals surface area contributed by atoms with Crippen LogP contribution < -0.4 is 10.5 Å². The van der Waals surface area contributed by atoms with Crippen molar-refractivity contribution < 1.29 is 4.79 Å². The highest BCUT2D eigenvalue weighted by Gasteiger charge is 2.11. The maximum Gasteiger partial charge on any atom is 0.269 e. The molecular formula is C17H19Cl2N3O2. The van der Waals surface area contributed by atoms with Gasteiger partial charge in [0, 0.05) is 24.3 Å². The van der Waals surface area contributed by atoms with E-state index in [9.17, 15) is 9.59 Å². The predicted octanol–water partition coefficient (Wildman–Crippen LogP) is 2.73. The molecule has 2 aromatic rings. The fraction of sp³-hybridized carbons (Fsp3) is 0.294. The van der Waals surface area contributed by atoms with Gasteiger partial charge in [0.15, 0.2) is 0 Å². The van der Waals surface area contributed by atoms with Gasteiger partial charge >= 0.3 is 0 Å². The molecule has 0 radical (unpaired) electrons. The topological polar surface area (TPSA) is 45.6 Å². The molecule has 0 saturated carbocycles. The molecule has 1 aromatic heterocycles. The fourth-order valence-corrected chi connectivity index (χ4v) is 2.54. The number of hydrogen-bond acceptors (Lipinski definition) is 3. The molecule has 5 nitrogen and oxygen atoms in total. The van der Waals surface area contributed by atoms with Gasteiger partial charge in [0.25, 0.3) is 5.56 Å². The zero-order valence-corrected chi connectivity index (χ0v) is 15.1. The first-order valence-electron chi connectivity index (χ1n) is 7.42. The molecule has 0 aliphatic carbocycles. The van der Waals surface area contributed by atoms with Crippen LogP contribution in [0.3, 0.4) is 0 Å². The molecule has 24 heavy (non-hydrogen) atoms. The van der Waals surface area contributed by atoms with Crippen molar-refractivity contribution in [3.8, 4) is 0 Å². The summed E-state index contributed by atoms with van der Waals surface area (Å²) in [6.07, 6.45) is 2.39. The lowest BCUT2D eigenvalue weighted by molar-refractivity contribution is -0.107. The predicted molar refractivity (Wildman–Crippen MR) is 98.2 cm³/mol. The van der Waals surface area contributed by atoms with Gasteiger partial charge in [-0.1, -0.05) is 35.3 Å². The molecule has 0 aliphatic heterocycles. The van der Waals surface area contributed by atoms with Crippen molar-refractivity contribution in [2.45, 2.75) is 6.54 Å². The normalized spacial score (nSPS) is 10.9. The van der Waals surface area contributed by atoms with Gasteiger partial charge in [-0.2, -0.15) is 0 Å². The Kier molecular flexibility index (Phi) is 6.43. The fourth-order valence-electron chi connectivity index (χ4n) is 2.20. The van der Waals surface area contributed by atoms with E-state index in [-0.39, 0.29) is 10.6 Å². The van der Waals surface area contributed by atoms with Crippen LogP contribution in [0.2, 0.25) is 10.0 Å². The summed E-state index contributed by atoms with van der Waals surface area (Å²) < 4.78 is 1.49. The van der Waals surface area contributed by atoms with Crippen molar-refractivity contribution in [2.24, 2.45) is 0 Å². The van der Waals surface area contributed by atoms with E-state index in [0.29, 0.717) is 30.3 Å². The molecule has 128 valence electrons. The highest BCUT2D eigenvalue weighted by Crippen LogP contribution is 2.17. The number of anilines is 1. The Morgan fingerprint density at radius 2 is 1.79 bits per heavy atom. The summed E-state index contributed by atoms with van der Waals surface area (Å²) >= 11 is 11.9. The van der Waals surface area contributed by atoms with Crippen LogP contribution in [0.5, 0.6) is 0 Å². The number of carbonyl (C=O) groups is 1. The summed E-state index contributed by atoms with van der Waals surface area (Å²) in [4.78, 5) is 27.1. The third kappa shape index (κ3) is 4.84. The maximum atomic E-state index is 12.3. The number of rotatable bonds is 7. The van der Waals surface area contributed by atoms with E-state index >= 15 is 0 Å². The lowest BCUT2D eigenvalue weighted by Crippen LogP contribution is -2.32. The number of benzene rings is 1. The van der Waals surface area contributed by atoms with Crippen molar-refractivity contribution in [1.29, 1.82) is 0 Å². The van der Waals surface area contributed by atoms with Crippen LogP contribution in [-0.2, 0) is 11.3 Å². The van der Waals surface area contributed by atoms with Crippen LogP contribution in [0.4, 0.5) is 5.69 Å². The van der Waals surface area contributed by atoms with E-state index < -0.39 is 0 Å². The van der Waals surface area contributed by atoms with Crippen LogP contribution in [0, 0.1) is 0 Å². The van der Waals surface area contributed by atoms with E-state index in [1.165, 1.54) is 15.5 Å². The Balaban J connectivity index is 2.31. The van der Waals surface area contributed by atoms with Gasteiger partial charge in [-0.3, -0.25) is 9.59 Å². The molecule has 1 heterocycles. The Hall–Kier alpha value is -1.82. The second-order valence-corrected chi connectivity index (χ2v) is 6.55. The minimum absolute atomic E-state index is 0.0816. The molecule has 1 aromatic carbocycles. The summed E-state index contributed by atoms with van der Waals surface area (Å²) in [6.45, 7) is 1.56. The molecule has 0 atom stereocenters. The van der Waals surface area contributed by atoms with Crippen molar-refractivity contribution in [3.63, 3.8) is 0 Å². The first kappa shape index (κ1) is 18.5. The highest BCUT2D eigenvalue weighted by atomic mass is 35.5. The van der Waals surface area contributed by atoms with Gasteiger partial charge in [0.2, 0.25) is 6.41 Å². The summed E-state index contributed by atoms with van der Waals surface area (Å²) in [5.74, 6) is 0. The van der Waals surface area contributed by atoms with Crippen LogP contribution >= 0.6 is 23.2 Å². The first-order valence-corrected chi connectivity index (χ1v) is 8.17. The molecule has 7 heteroatoms. The molecule has 0 saturated heterocycles. The summed E-state index contributed by atoms with van der Waals surface area (Å²) in [5.41, 5.74) is 1.21. The summed E-state index contributed by atoms with van der Waals surface area (Å²) in [7, 11) is 3.86.